The lowest BCUT2D eigenvalue weighted by molar-refractivity contribution is -0.140. The van der Waals surface area contributed by atoms with Gasteiger partial charge in [0.1, 0.15) is 6.61 Å². The third-order valence-electron chi connectivity index (χ3n) is 2.63. The van der Waals surface area contributed by atoms with Gasteiger partial charge in [0.2, 0.25) is 0 Å². The van der Waals surface area contributed by atoms with Crippen molar-refractivity contribution in [3.05, 3.63) is 47.5 Å². The first-order valence-electron chi connectivity index (χ1n) is 6.04. The van der Waals surface area contributed by atoms with Gasteiger partial charge in [-0.3, -0.25) is 0 Å². The van der Waals surface area contributed by atoms with E-state index in [9.17, 15) is 4.79 Å². The van der Waals surface area contributed by atoms with Crippen LogP contribution in [0.25, 0.3) is 0 Å². The molecule has 0 radical (unpaired) electrons. The fourth-order valence-electron chi connectivity index (χ4n) is 1.58. The van der Waals surface area contributed by atoms with E-state index in [4.69, 9.17) is 4.74 Å². The highest BCUT2D eigenvalue weighted by molar-refractivity contribution is 5.86. The minimum atomic E-state index is -0.324. The maximum atomic E-state index is 11.3. The first kappa shape index (κ1) is 13.5. The standard InChI is InChI=1S/C15H20O2/c1-4-5-8-13-9-6-7-10-14(13)11-17-15(16)12(2)3/h6-7,9-10H,2,4-5,8,11H2,1,3H3. The van der Waals surface area contributed by atoms with Gasteiger partial charge in [-0.2, -0.15) is 0 Å². The number of hydrogen-bond donors (Lipinski definition) is 0. The quantitative estimate of drug-likeness (QED) is 0.553. The van der Waals surface area contributed by atoms with Gasteiger partial charge < -0.3 is 4.74 Å². The van der Waals surface area contributed by atoms with E-state index < -0.39 is 0 Å². The molecule has 0 saturated heterocycles. The van der Waals surface area contributed by atoms with Crippen LogP contribution in [0.15, 0.2) is 36.4 Å². The van der Waals surface area contributed by atoms with E-state index in [1.807, 2.05) is 18.2 Å². The van der Waals surface area contributed by atoms with Gasteiger partial charge in [-0.15, -0.1) is 0 Å². The van der Waals surface area contributed by atoms with Crippen LogP contribution in [0, 0.1) is 0 Å². The van der Waals surface area contributed by atoms with Crippen LogP contribution in [-0.2, 0) is 22.6 Å². The molecule has 0 fully saturated rings. The smallest absolute Gasteiger partial charge is 0.333 e. The predicted molar refractivity (Wildman–Crippen MR) is 69.7 cm³/mol. The number of ether oxygens (including phenoxy) is 1. The lowest BCUT2D eigenvalue weighted by atomic mass is 10.0. The second-order valence-corrected chi connectivity index (χ2v) is 4.23. The third-order valence-corrected chi connectivity index (χ3v) is 2.63. The number of unbranched alkanes of at least 4 members (excludes halogenated alkanes) is 1. The van der Waals surface area contributed by atoms with E-state index in [2.05, 4.69) is 19.6 Å². The zero-order valence-corrected chi connectivity index (χ0v) is 10.7. The maximum Gasteiger partial charge on any atom is 0.333 e. The van der Waals surface area contributed by atoms with E-state index in [0.29, 0.717) is 12.2 Å². The Balaban J connectivity index is 2.63. The number of carbonyl (C=O) groups excluding carboxylic acids is 1. The summed E-state index contributed by atoms with van der Waals surface area (Å²) >= 11 is 0. The van der Waals surface area contributed by atoms with Gasteiger partial charge in [-0.05, 0) is 30.9 Å². The second kappa shape index (κ2) is 6.89. The lowest BCUT2D eigenvalue weighted by Gasteiger charge is -2.09. The summed E-state index contributed by atoms with van der Waals surface area (Å²) in [5.74, 6) is -0.324. The predicted octanol–water partition coefficient (Wildman–Crippen LogP) is 3.65. The average molecular weight is 232 g/mol. The first-order chi connectivity index (χ1) is 8.15. The number of aryl methyl sites for hydroxylation is 1. The summed E-state index contributed by atoms with van der Waals surface area (Å²) in [4.78, 5) is 11.3. The Kier molecular flexibility index (Phi) is 5.47. The van der Waals surface area contributed by atoms with E-state index in [0.717, 1.165) is 18.4 Å². The van der Waals surface area contributed by atoms with E-state index in [1.165, 1.54) is 12.0 Å². The number of esters is 1. The summed E-state index contributed by atoms with van der Waals surface area (Å²) in [6.07, 6.45) is 3.36. The lowest BCUT2D eigenvalue weighted by Crippen LogP contribution is -2.06. The zero-order chi connectivity index (χ0) is 12.7. The summed E-state index contributed by atoms with van der Waals surface area (Å²) in [7, 11) is 0. The molecule has 0 saturated carbocycles. The Labute approximate surface area is 103 Å². The summed E-state index contributed by atoms with van der Waals surface area (Å²) in [6, 6.07) is 8.10. The Bertz CT molecular complexity index is 394. The fraction of sp³-hybridized carbons (Fsp3) is 0.400. The van der Waals surface area contributed by atoms with Gasteiger partial charge in [0.05, 0.1) is 0 Å². The minimum absolute atomic E-state index is 0.324. The Morgan fingerprint density at radius 3 is 2.53 bits per heavy atom. The van der Waals surface area contributed by atoms with Crippen LogP contribution in [0.1, 0.15) is 37.8 Å². The molecule has 0 amide bonds. The van der Waals surface area contributed by atoms with Crippen LogP contribution in [0.4, 0.5) is 0 Å². The van der Waals surface area contributed by atoms with Crippen LogP contribution in [-0.4, -0.2) is 5.97 Å². The van der Waals surface area contributed by atoms with Gasteiger partial charge in [0.25, 0.3) is 0 Å². The van der Waals surface area contributed by atoms with E-state index >= 15 is 0 Å². The highest BCUT2D eigenvalue weighted by Gasteiger charge is 2.06. The van der Waals surface area contributed by atoms with Crippen molar-refractivity contribution in [1.82, 2.24) is 0 Å². The molecule has 17 heavy (non-hydrogen) atoms. The van der Waals surface area contributed by atoms with Gasteiger partial charge >= 0.3 is 5.97 Å². The molecular weight excluding hydrogens is 212 g/mol. The normalized spacial score (nSPS) is 10.0. The van der Waals surface area contributed by atoms with Crippen LogP contribution in [0.3, 0.4) is 0 Å². The molecule has 0 N–H and O–H groups in total. The van der Waals surface area contributed by atoms with Crippen molar-refractivity contribution in [2.45, 2.75) is 39.7 Å². The molecule has 0 heterocycles. The SMILES string of the molecule is C=C(C)C(=O)OCc1ccccc1CCCC. The topological polar surface area (TPSA) is 26.3 Å². The monoisotopic (exact) mass is 232 g/mol. The van der Waals surface area contributed by atoms with Gasteiger partial charge in [0, 0.05) is 5.57 Å². The number of rotatable bonds is 6. The minimum Gasteiger partial charge on any atom is -0.457 e. The zero-order valence-electron chi connectivity index (χ0n) is 10.7. The summed E-state index contributed by atoms with van der Waals surface area (Å²) in [6.45, 7) is 7.73. The highest BCUT2D eigenvalue weighted by atomic mass is 16.5. The molecule has 0 aliphatic carbocycles. The van der Waals surface area contributed by atoms with Crippen LogP contribution < -0.4 is 0 Å². The van der Waals surface area contributed by atoms with Crippen molar-refractivity contribution in [3.63, 3.8) is 0 Å². The summed E-state index contributed by atoms with van der Waals surface area (Å²) < 4.78 is 5.17. The summed E-state index contributed by atoms with van der Waals surface area (Å²) in [5, 5.41) is 0. The largest absolute Gasteiger partial charge is 0.457 e. The average Bonchev–Trinajstić information content (AvgIpc) is 2.34. The molecule has 0 spiro atoms. The third kappa shape index (κ3) is 4.43. The van der Waals surface area contributed by atoms with Crippen LogP contribution in [0.2, 0.25) is 0 Å². The molecule has 1 aromatic rings. The first-order valence-corrected chi connectivity index (χ1v) is 6.04. The molecule has 1 rings (SSSR count). The molecule has 0 atom stereocenters. The molecule has 1 aromatic carbocycles. The van der Waals surface area contributed by atoms with Crippen LogP contribution >= 0.6 is 0 Å². The molecule has 0 aromatic heterocycles. The van der Waals surface area contributed by atoms with Crippen molar-refractivity contribution in [1.29, 1.82) is 0 Å². The number of hydrogen-bond acceptors (Lipinski definition) is 2. The molecule has 2 nitrogen and oxygen atoms in total. The van der Waals surface area contributed by atoms with Crippen molar-refractivity contribution in [2.75, 3.05) is 0 Å². The number of carbonyl (C=O) groups is 1. The van der Waals surface area contributed by atoms with E-state index in [-0.39, 0.29) is 5.97 Å². The Hall–Kier alpha value is -1.57. The van der Waals surface area contributed by atoms with Gasteiger partial charge in [-0.1, -0.05) is 44.2 Å². The molecule has 0 unspecified atom stereocenters. The molecule has 0 bridgehead atoms. The second-order valence-electron chi connectivity index (χ2n) is 4.23. The van der Waals surface area contributed by atoms with Gasteiger partial charge in [0.15, 0.2) is 0 Å². The maximum absolute atomic E-state index is 11.3. The van der Waals surface area contributed by atoms with E-state index in [1.54, 1.807) is 6.92 Å². The molecule has 0 aliphatic rings. The molecular formula is C15H20O2. The Morgan fingerprint density at radius 2 is 1.94 bits per heavy atom. The van der Waals surface area contributed by atoms with Crippen molar-refractivity contribution >= 4 is 5.97 Å². The molecule has 92 valence electrons. The highest BCUT2D eigenvalue weighted by Crippen LogP contribution is 2.13. The van der Waals surface area contributed by atoms with Crippen molar-refractivity contribution < 1.29 is 9.53 Å². The fourth-order valence-corrected chi connectivity index (χ4v) is 1.58. The van der Waals surface area contributed by atoms with Crippen molar-refractivity contribution in [3.8, 4) is 0 Å². The van der Waals surface area contributed by atoms with Crippen molar-refractivity contribution in [2.24, 2.45) is 0 Å². The molecule has 2 heteroatoms. The van der Waals surface area contributed by atoms with Gasteiger partial charge in [-0.25, -0.2) is 4.79 Å². The Morgan fingerprint density at radius 1 is 1.29 bits per heavy atom. The van der Waals surface area contributed by atoms with Crippen LogP contribution in [0.5, 0.6) is 0 Å². The summed E-state index contributed by atoms with van der Waals surface area (Å²) in [5.41, 5.74) is 2.80. The molecule has 0 aliphatic heterocycles. The number of benzene rings is 1.